The van der Waals surface area contributed by atoms with E-state index in [2.05, 4.69) is 4.98 Å². The van der Waals surface area contributed by atoms with Crippen molar-refractivity contribution in [3.05, 3.63) is 23.4 Å². The fraction of sp³-hybridized carbons (Fsp3) is 0.333. The van der Waals surface area contributed by atoms with Crippen LogP contribution >= 0.6 is 0 Å². The Bertz CT molecular complexity index is 482. The largest absolute Gasteiger partial charge is 0.507 e. The molecule has 1 aromatic carbocycles. The highest BCUT2D eigenvalue weighted by molar-refractivity contribution is 5.93. The number of phenols is 2. The van der Waals surface area contributed by atoms with Gasteiger partial charge in [0.05, 0.1) is 5.52 Å². The molecule has 3 rings (SSSR count). The summed E-state index contributed by atoms with van der Waals surface area (Å²) in [6.45, 7) is 0. The van der Waals surface area contributed by atoms with E-state index in [-0.39, 0.29) is 0 Å². The van der Waals surface area contributed by atoms with Gasteiger partial charge < -0.3 is 15.2 Å². The van der Waals surface area contributed by atoms with Gasteiger partial charge in [-0.3, -0.25) is 0 Å². The summed E-state index contributed by atoms with van der Waals surface area (Å²) in [5, 5.41) is 20.9. The summed E-state index contributed by atoms with van der Waals surface area (Å²) in [4.78, 5) is 2.97. The molecule has 3 nitrogen and oxygen atoms in total. The standard InChI is InChI=1S/C12H13NO2/c14-11-7-3-1-2-4-8(7)12(15)10-9(11)5-6-13-10/h5-6,13-15H,1-4H2. The molecule has 0 saturated heterocycles. The molecular weight excluding hydrogens is 190 g/mol. The second-order valence-corrected chi connectivity index (χ2v) is 4.13. The second-order valence-electron chi connectivity index (χ2n) is 4.13. The molecule has 0 amide bonds. The van der Waals surface area contributed by atoms with Crippen molar-refractivity contribution in [3.63, 3.8) is 0 Å². The lowest BCUT2D eigenvalue weighted by Gasteiger charge is -2.19. The lowest BCUT2D eigenvalue weighted by atomic mass is 9.89. The van der Waals surface area contributed by atoms with Crippen LogP contribution in [0.15, 0.2) is 12.3 Å². The van der Waals surface area contributed by atoms with E-state index in [1.165, 1.54) is 0 Å². The Balaban J connectivity index is 2.43. The number of fused-ring (bicyclic) bond motifs is 2. The van der Waals surface area contributed by atoms with Crippen LogP contribution in [-0.2, 0) is 12.8 Å². The summed E-state index contributed by atoms with van der Waals surface area (Å²) in [6.07, 6.45) is 5.66. The Hall–Kier alpha value is -1.64. The van der Waals surface area contributed by atoms with Crippen molar-refractivity contribution < 1.29 is 10.2 Å². The van der Waals surface area contributed by atoms with Crippen LogP contribution in [0.5, 0.6) is 11.5 Å². The number of benzene rings is 1. The molecule has 1 aliphatic carbocycles. The Kier molecular flexibility index (Phi) is 1.69. The highest BCUT2D eigenvalue weighted by Gasteiger charge is 2.21. The number of phenolic OH excluding ortho intramolecular Hbond substituents is 2. The van der Waals surface area contributed by atoms with Crippen molar-refractivity contribution in [3.8, 4) is 11.5 Å². The number of rotatable bonds is 0. The SMILES string of the molecule is Oc1c2c(c(O)c3[nH]ccc13)CCCC2. The van der Waals surface area contributed by atoms with E-state index in [9.17, 15) is 10.2 Å². The third kappa shape index (κ3) is 1.06. The highest BCUT2D eigenvalue weighted by Crippen LogP contribution is 2.42. The van der Waals surface area contributed by atoms with E-state index in [1.54, 1.807) is 12.3 Å². The van der Waals surface area contributed by atoms with E-state index in [1.807, 2.05) is 0 Å². The minimum atomic E-state index is 0.322. The van der Waals surface area contributed by atoms with Gasteiger partial charge in [0.15, 0.2) is 0 Å². The van der Waals surface area contributed by atoms with Crippen LogP contribution in [0.25, 0.3) is 10.9 Å². The van der Waals surface area contributed by atoms with Crippen molar-refractivity contribution in [2.45, 2.75) is 25.7 Å². The fourth-order valence-electron chi connectivity index (χ4n) is 2.50. The molecule has 78 valence electrons. The van der Waals surface area contributed by atoms with Gasteiger partial charge in [-0.05, 0) is 31.7 Å². The van der Waals surface area contributed by atoms with Crippen molar-refractivity contribution in [1.29, 1.82) is 0 Å². The van der Waals surface area contributed by atoms with Crippen LogP contribution in [0.1, 0.15) is 24.0 Å². The smallest absolute Gasteiger partial charge is 0.143 e. The van der Waals surface area contributed by atoms with Gasteiger partial charge in [-0.2, -0.15) is 0 Å². The Morgan fingerprint density at radius 1 is 1.00 bits per heavy atom. The van der Waals surface area contributed by atoms with Crippen molar-refractivity contribution in [2.24, 2.45) is 0 Å². The predicted octanol–water partition coefficient (Wildman–Crippen LogP) is 2.46. The molecule has 0 unspecified atom stereocenters. The second kappa shape index (κ2) is 2.92. The van der Waals surface area contributed by atoms with E-state index in [0.717, 1.165) is 42.2 Å². The van der Waals surface area contributed by atoms with Crippen molar-refractivity contribution in [2.75, 3.05) is 0 Å². The van der Waals surface area contributed by atoms with E-state index >= 15 is 0 Å². The van der Waals surface area contributed by atoms with Gasteiger partial charge in [0.1, 0.15) is 11.5 Å². The molecule has 0 bridgehead atoms. The first-order chi connectivity index (χ1) is 7.29. The van der Waals surface area contributed by atoms with E-state index < -0.39 is 0 Å². The molecule has 0 spiro atoms. The van der Waals surface area contributed by atoms with Gasteiger partial charge in [0.2, 0.25) is 0 Å². The molecule has 2 aromatic rings. The number of aromatic amines is 1. The van der Waals surface area contributed by atoms with E-state index in [0.29, 0.717) is 17.0 Å². The monoisotopic (exact) mass is 203 g/mol. The Labute approximate surface area is 87.4 Å². The Morgan fingerprint density at radius 3 is 2.40 bits per heavy atom. The van der Waals surface area contributed by atoms with Gasteiger partial charge >= 0.3 is 0 Å². The first kappa shape index (κ1) is 8.65. The summed E-state index contributed by atoms with van der Waals surface area (Å²) in [5.74, 6) is 0.668. The van der Waals surface area contributed by atoms with Gasteiger partial charge in [-0.15, -0.1) is 0 Å². The van der Waals surface area contributed by atoms with Gasteiger partial charge in [0, 0.05) is 22.7 Å². The third-order valence-corrected chi connectivity index (χ3v) is 3.28. The van der Waals surface area contributed by atoms with Crippen LogP contribution in [0.4, 0.5) is 0 Å². The molecule has 15 heavy (non-hydrogen) atoms. The molecule has 1 aliphatic rings. The summed E-state index contributed by atoms with van der Waals surface area (Å²) in [6, 6.07) is 1.80. The maximum atomic E-state index is 10.1. The first-order valence-electron chi connectivity index (χ1n) is 5.32. The van der Waals surface area contributed by atoms with Crippen LogP contribution in [-0.4, -0.2) is 15.2 Å². The van der Waals surface area contributed by atoms with Gasteiger partial charge in [-0.25, -0.2) is 0 Å². The molecule has 0 fully saturated rings. The minimum absolute atomic E-state index is 0.322. The lowest BCUT2D eigenvalue weighted by molar-refractivity contribution is 0.448. The summed E-state index contributed by atoms with van der Waals surface area (Å²) >= 11 is 0. The maximum Gasteiger partial charge on any atom is 0.143 e. The van der Waals surface area contributed by atoms with Crippen molar-refractivity contribution in [1.82, 2.24) is 4.98 Å². The zero-order chi connectivity index (χ0) is 10.4. The topological polar surface area (TPSA) is 56.2 Å². The zero-order valence-electron chi connectivity index (χ0n) is 8.38. The van der Waals surface area contributed by atoms with Crippen molar-refractivity contribution >= 4 is 10.9 Å². The molecular formula is C12H13NO2. The van der Waals surface area contributed by atoms with Gasteiger partial charge in [0.25, 0.3) is 0 Å². The number of aromatic hydroxyl groups is 2. The zero-order valence-corrected chi connectivity index (χ0v) is 8.38. The molecule has 1 heterocycles. The summed E-state index contributed by atoms with van der Waals surface area (Å²) in [7, 11) is 0. The fourth-order valence-corrected chi connectivity index (χ4v) is 2.50. The lowest BCUT2D eigenvalue weighted by Crippen LogP contribution is -2.03. The Morgan fingerprint density at radius 2 is 1.67 bits per heavy atom. The number of nitrogens with one attached hydrogen (secondary N) is 1. The quantitative estimate of drug-likeness (QED) is 0.576. The normalized spacial score (nSPS) is 15.5. The third-order valence-electron chi connectivity index (χ3n) is 3.28. The van der Waals surface area contributed by atoms with Crippen LogP contribution in [0, 0.1) is 0 Å². The van der Waals surface area contributed by atoms with Crippen LogP contribution in [0.3, 0.4) is 0 Å². The maximum absolute atomic E-state index is 10.1. The first-order valence-corrected chi connectivity index (χ1v) is 5.32. The molecule has 1 aromatic heterocycles. The molecule has 0 aliphatic heterocycles. The number of aromatic nitrogens is 1. The number of hydrogen-bond donors (Lipinski definition) is 3. The highest BCUT2D eigenvalue weighted by atomic mass is 16.3. The molecule has 0 saturated carbocycles. The number of H-pyrrole nitrogens is 1. The molecule has 3 N–H and O–H groups in total. The van der Waals surface area contributed by atoms with Crippen LogP contribution < -0.4 is 0 Å². The summed E-state index contributed by atoms with van der Waals surface area (Å²) in [5.41, 5.74) is 2.52. The summed E-state index contributed by atoms with van der Waals surface area (Å²) < 4.78 is 0. The van der Waals surface area contributed by atoms with Crippen LogP contribution in [0.2, 0.25) is 0 Å². The molecule has 0 atom stereocenters. The molecule has 0 radical (unpaired) electrons. The number of hydrogen-bond acceptors (Lipinski definition) is 2. The average molecular weight is 203 g/mol. The minimum Gasteiger partial charge on any atom is -0.507 e. The molecule has 3 heteroatoms. The predicted molar refractivity (Wildman–Crippen MR) is 58.3 cm³/mol. The van der Waals surface area contributed by atoms with E-state index in [4.69, 9.17) is 0 Å². The average Bonchev–Trinajstić information content (AvgIpc) is 2.75. The van der Waals surface area contributed by atoms with Gasteiger partial charge in [-0.1, -0.05) is 0 Å².